The zero-order valence-electron chi connectivity index (χ0n) is 24.6. The van der Waals surface area contributed by atoms with E-state index in [2.05, 4.69) is 118 Å². The average Bonchev–Trinajstić information content (AvgIpc) is 3.10. The maximum Gasteiger partial charge on any atom is 0.0360 e. The molecule has 214 valence electrons. The van der Waals surface area contributed by atoms with Gasteiger partial charge in [0.1, 0.15) is 0 Å². The Morgan fingerprint density at radius 2 is 1.66 bits per heavy atom. The molecule has 44 heavy (non-hydrogen) atoms. The molecular formula is C40H34N4. The second-order valence-electron chi connectivity index (χ2n) is 10.8. The summed E-state index contributed by atoms with van der Waals surface area (Å²) >= 11 is 0. The van der Waals surface area contributed by atoms with Gasteiger partial charge < -0.3 is 10.6 Å². The number of aromatic nitrogens is 2. The van der Waals surface area contributed by atoms with Gasteiger partial charge >= 0.3 is 0 Å². The van der Waals surface area contributed by atoms with E-state index in [1.807, 2.05) is 49.3 Å². The molecular weight excluding hydrogens is 536 g/mol. The van der Waals surface area contributed by atoms with Gasteiger partial charge in [-0.3, -0.25) is 9.97 Å². The number of hydrogen-bond donors (Lipinski definition) is 2. The Morgan fingerprint density at radius 3 is 2.30 bits per heavy atom. The molecule has 0 aliphatic carbocycles. The molecule has 4 heteroatoms. The lowest BCUT2D eigenvalue weighted by atomic mass is 9.92. The van der Waals surface area contributed by atoms with Gasteiger partial charge in [0.2, 0.25) is 0 Å². The molecule has 0 fully saturated rings. The smallest absolute Gasteiger partial charge is 0.0360 e. The van der Waals surface area contributed by atoms with Crippen molar-refractivity contribution < 1.29 is 0 Å². The van der Waals surface area contributed by atoms with Crippen molar-refractivity contribution in [3.05, 3.63) is 174 Å². The second kappa shape index (κ2) is 14.0. The molecule has 2 aromatic heterocycles. The Kier molecular flexibility index (Phi) is 9.06. The fourth-order valence-corrected chi connectivity index (χ4v) is 5.44. The van der Waals surface area contributed by atoms with E-state index in [0.29, 0.717) is 0 Å². The minimum Gasteiger partial charge on any atom is -0.387 e. The van der Waals surface area contributed by atoms with Gasteiger partial charge in [-0.05, 0) is 88.4 Å². The third kappa shape index (κ3) is 7.21. The molecule has 6 rings (SSSR count). The summed E-state index contributed by atoms with van der Waals surface area (Å²) in [5.74, 6) is 2.92. The van der Waals surface area contributed by atoms with Crippen LogP contribution in [0.25, 0.3) is 27.8 Å². The van der Waals surface area contributed by atoms with E-state index < -0.39 is 0 Å². The van der Waals surface area contributed by atoms with Gasteiger partial charge in [0.05, 0.1) is 0 Å². The molecule has 4 nitrogen and oxygen atoms in total. The van der Waals surface area contributed by atoms with Crippen molar-refractivity contribution in [1.29, 1.82) is 0 Å². The van der Waals surface area contributed by atoms with Crippen LogP contribution in [0.15, 0.2) is 157 Å². The van der Waals surface area contributed by atoms with Crippen molar-refractivity contribution in [3.63, 3.8) is 0 Å². The lowest BCUT2D eigenvalue weighted by Crippen LogP contribution is -2.12. The van der Waals surface area contributed by atoms with E-state index >= 15 is 0 Å². The van der Waals surface area contributed by atoms with Crippen molar-refractivity contribution in [2.24, 2.45) is 0 Å². The quantitative estimate of drug-likeness (QED) is 0.159. The molecule has 0 amide bonds. The van der Waals surface area contributed by atoms with Crippen molar-refractivity contribution >= 4 is 5.57 Å². The number of dihydropyridines is 2. The van der Waals surface area contributed by atoms with E-state index in [0.717, 1.165) is 70.5 Å². The molecule has 2 aromatic carbocycles. The molecule has 0 saturated heterocycles. The summed E-state index contributed by atoms with van der Waals surface area (Å²) in [5, 5.41) is 6.59. The van der Waals surface area contributed by atoms with Gasteiger partial charge in [-0.15, -0.1) is 6.42 Å². The largest absolute Gasteiger partial charge is 0.387 e. The fraction of sp³-hybridized carbons (Fsp3) is 0.100. The molecule has 2 N–H and O–H groups in total. The average molecular weight is 571 g/mol. The predicted octanol–water partition coefficient (Wildman–Crippen LogP) is 7.82. The van der Waals surface area contributed by atoms with Crippen LogP contribution in [0.2, 0.25) is 0 Å². The standard InChI is InChI=1S/C40H34N4/c1-2-33(36-11-5-17-42-27-36)24-35(15-14-30-9-4-16-41-26-30)34-10-3-8-31(21-34)20-32-22-39(37-12-6-18-43-28-37)25-40(23-32)38-13-7-19-44-29-38/h1,3-13,15-16,18-19,21-25,27-29,41-42H,14,17,20,26H2/b33-24+,35-15+. The third-order valence-corrected chi connectivity index (χ3v) is 7.67. The van der Waals surface area contributed by atoms with Crippen molar-refractivity contribution in [3.8, 4) is 34.6 Å². The van der Waals surface area contributed by atoms with Crippen molar-refractivity contribution in [1.82, 2.24) is 20.6 Å². The SMILES string of the molecule is C#C/C(=C\C(=C/CC1=CC=CNC1)c1cccc(Cc2cc(-c3cccnc3)cc(-c3cccnc3)c2)c1)C1=CNCC=C1. The highest BCUT2D eigenvalue weighted by atomic mass is 14.8. The van der Waals surface area contributed by atoms with Gasteiger partial charge in [-0.1, -0.05) is 78.8 Å². The summed E-state index contributed by atoms with van der Waals surface area (Å²) in [5.41, 5.74) is 12.3. The van der Waals surface area contributed by atoms with E-state index in [-0.39, 0.29) is 0 Å². The molecule has 0 radical (unpaired) electrons. The van der Waals surface area contributed by atoms with Crippen LogP contribution in [-0.4, -0.2) is 23.1 Å². The van der Waals surface area contributed by atoms with E-state index in [1.165, 1.54) is 16.7 Å². The molecule has 0 spiro atoms. The first kappa shape index (κ1) is 28.5. The summed E-state index contributed by atoms with van der Waals surface area (Å²) in [6, 6.07) is 23.7. The van der Waals surface area contributed by atoms with Crippen LogP contribution in [0, 0.1) is 12.3 Å². The third-order valence-electron chi connectivity index (χ3n) is 7.67. The minimum absolute atomic E-state index is 0.784. The van der Waals surface area contributed by atoms with Crippen LogP contribution >= 0.6 is 0 Å². The first-order chi connectivity index (χ1) is 21.7. The second-order valence-corrected chi connectivity index (χ2v) is 10.8. The van der Waals surface area contributed by atoms with Crippen molar-refractivity contribution in [2.75, 3.05) is 13.1 Å². The van der Waals surface area contributed by atoms with E-state index in [4.69, 9.17) is 6.42 Å². The first-order valence-corrected chi connectivity index (χ1v) is 14.9. The van der Waals surface area contributed by atoms with Gasteiger partial charge in [0.25, 0.3) is 0 Å². The zero-order valence-corrected chi connectivity index (χ0v) is 24.6. The molecule has 0 bridgehead atoms. The summed E-state index contributed by atoms with van der Waals surface area (Å²) in [6.45, 7) is 1.65. The number of benzene rings is 2. The van der Waals surface area contributed by atoms with E-state index in [9.17, 15) is 0 Å². The highest BCUT2D eigenvalue weighted by molar-refractivity contribution is 5.78. The number of terminal acetylenes is 1. The van der Waals surface area contributed by atoms with Gasteiger partial charge in [0, 0.05) is 66.3 Å². The Morgan fingerprint density at radius 1 is 0.864 bits per heavy atom. The Balaban J connectivity index is 1.36. The van der Waals surface area contributed by atoms with Crippen molar-refractivity contribution in [2.45, 2.75) is 12.8 Å². The van der Waals surface area contributed by atoms with Crippen LogP contribution in [0.4, 0.5) is 0 Å². The maximum absolute atomic E-state index is 6.04. The van der Waals surface area contributed by atoms with Crippen LogP contribution in [0.3, 0.4) is 0 Å². The Labute approximate surface area is 260 Å². The predicted molar refractivity (Wildman–Crippen MR) is 182 cm³/mol. The van der Waals surface area contributed by atoms with Crippen LogP contribution in [-0.2, 0) is 6.42 Å². The molecule has 2 aliphatic rings. The highest BCUT2D eigenvalue weighted by Crippen LogP contribution is 2.30. The number of rotatable bonds is 9. The van der Waals surface area contributed by atoms with Gasteiger partial charge in [0.15, 0.2) is 0 Å². The minimum atomic E-state index is 0.784. The number of nitrogens with zero attached hydrogens (tertiary/aromatic N) is 2. The molecule has 0 atom stereocenters. The van der Waals surface area contributed by atoms with Gasteiger partial charge in [-0.2, -0.15) is 0 Å². The molecule has 4 aromatic rings. The van der Waals surface area contributed by atoms with Crippen LogP contribution < -0.4 is 10.6 Å². The Bertz CT molecular complexity index is 1790. The molecule has 4 heterocycles. The molecule has 0 saturated carbocycles. The van der Waals surface area contributed by atoms with Crippen LogP contribution in [0.1, 0.15) is 23.1 Å². The summed E-state index contributed by atoms with van der Waals surface area (Å²) in [7, 11) is 0. The molecule has 2 aliphatic heterocycles. The number of nitrogens with one attached hydrogen (secondary N) is 2. The number of allylic oxidation sites excluding steroid dienone is 8. The fourth-order valence-electron chi connectivity index (χ4n) is 5.44. The highest BCUT2D eigenvalue weighted by Gasteiger charge is 2.10. The Hall–Kier alpha value is -5.66. The number of pyridine rings is 2. The first-order valence-electron chi connectivity index (χ1n) is 14.9. The zero-order chi connectivity index (χ0) is 30.0. The van der Waals surface area contributed by atoms with Gasteiger partial charge in [-0.25, -0.2) is 0 Å². The lowest BCUT2D eigenvalue weighted by molar-refractivity contribution is 0.895. The number of hydrogen-bond acceptors (Lipinski definition) is 4. The summed E-state index contributed by atoms with van der Waals surface area (Å²) in [6.07, 6.45) is 31.9. The normalized spacial score (nSPS) is 14.6. The maximum atomic E-state index is 6.04. The molecule has 0 unspecified atom stereocenters. The monoisotopic (exact) mass is 570 g/mol. The summed E-state index contributed by atoms with van der Waals surface area (Å²) < 4.78 is 0. The lowest BCUT2D eigenvalue weighted by Gasteiger charge is -2.14. The topological polar surface area (TPSA) is 49.8 Å². The van der Waals surface area contributed by atoms with E-state index in [1.54, 1.807) is 0 Å². The summed E-state index contributed by atoms with van der Waals surface area (Å²) in [4.78, 5) is 8.72. The van der Waals surface area contributed by atoms with Crippen LogP contribution in [0.5, 0.6) is 0 Å².